The van der Waals surface area contributed by atoms with Crippen LogP contribution >= 0.6 is 11.6 Å². The van der Waals surface area contributed by atoms with Crippen LogP contribution in [0.2, 0.25) is 5.02 Å². The third-order valence-corrected chi connectivity index (χ3v) is 7.35. The van der Waals surface area contributed by atoms with Crippen molar-refractivity contribution < 1.29 is 22.4 Å². The molecule has 1 aliphatic carbocycles. The molecule has 1 amide bonds. The lowest BCUT2D eigenvalue weighted by Gasteiger charge is -2.27. The molecule has 0 radical (unpaired) electrons. The zero-order chi connectivity index (χ0) is 26.8. The zero-order valence-corrected chi connectivity index (χ0v) is 21.0. The molecule has 0 N–H and O–H groups in total. The van der Waals surface area contributed by atoms with Crippen molar-refractivity contribution in [2.75, 3.05) is 4.90 Å². The molecule has 0 spiro atoms. The largest absolute Gasteiger partial charge is 0.434 e. The first-order valence-electron chi connectivity index (χ1n) is 12.1. The first kappa shape index (κ1) is 24.7. The number of carbonyl (C=O) groups is 1. The van der Waals surface area contributed by atoms with E-state index in [1.807, 2.05) is 4.68 Å². The summed E-state index contributed by atoms with van der Waals surface area (Å²) in [5.41, 5.74) is 0.613. The topological polar surface area (TPSA) is 73.8 Å². The Labute approximate surface area is 219 Å². The number of hydrogen-bond donors (Lipinski definition) is 0. The van der Waals surface area contributed by atoms with Crippen LogP contribution in [0, 0.1) is 5.82 Å². The number of fused-ring (bicyclic) bond motifs is 1. The number of halogens is 5. The number of benzene rings is 1. The quantitative estimate of drug-likeness (QED) is 0.304. The normalized spacial score (nSPS) is 16.2. The van der Waals surface area contributed by atoms with Crippen molar-refractivity contribution in [1.82, 2.24) is 29.1 Å². The summed E-state index contributed by atoms with van der Waals surface area (Å²) in [7, 11) is 1.37. The fraction of sp³-hybridized carbons (Fsp3) is 0.360. The molecule has 0 saturated heterocycles. The van der Waals surface area contributed by atoms with Crippen molar-refractivity contribution in [2.24, 2.45) is 7.05 Å². The summed E-state index contributed by atoms with van der Waals surface area (Å²) >= 11 is 6.46. The van der Waals surface area contributed by atoms with Gasteiger partial charge in [-0.3, -0.25) is 14.4 Å². The third-order valence-electron chi connectivity index (χ3n) is 7.07. The Morgan fingerprint density at radius 1 is 1.18 bits per heavy atom. The van der Waals surface area contributed by atoms with E-state index < -0.39 is 17.7 Å². The summed E-state index contributed by atoms with van der Waals surface area (Å²) in [6.07, 6.45) is 1.15. The Kier molecular flexibility index (Phi) is 5.82. The van der Waals surface area contributed by atoms with Gasteiger partial charge in [0.15, 0.2) is 5.69 Å². The van der Waals surface area contributed by atoms with Gasteiger partial charge in [-0.15, -0.1) is 0 Å². The van der Waals surface area contributed by atoms with E-state index in [1.54, 1.807) is 23.0 Å². The second kappa shape index (κ2) is 8.97. The van der Waals surface area contributed by atoms with Gasteiger partial charge < -0.3 is 4.57 Å². The average molecular weight is 548 g/mol. The van der Waals surface area contributed by atoms with E-state index in [9.17, 15) is 18.0 Å². The van der Waals surface area contributed by atoms with E-state index >= 15 is 4.39 Å². The van der Waals surface area contributed by atoms with Crippen LogP contribution in [-0.2, 0) is 31.1 Å². The molecule has 0 unspecified atom stereocenters. The van der Waals surface area contributed by atoms with Gasteiger partial charge in [0, 0.05) is 25.7 Å². The maximum absolute atomic E-state index is 15.1. The minimum atomic E-state index is -4.64. The monoisotopic (exact) mass is 547 g/mol. The van der Waals surface area contributed by atoms with Gasteiger partial charge in [-0.1, -0.05) is 17.7 Å². The summed E-state index contributed by atoms with van der Waals surface area (Å²) in [4.78, 5) is 18.0. The van der Waals surface area contributed by atoms with Crippen molar-refractivity contribution in [1.29, 1.82) is 0 Å². The highest BCUT2D eigenvalue weighted by atomic mass is 35.5. The van der Waals surface area contributed by atoms with E-state index in [0.717, 1.165) is 30.0 Å². The van der Waals surface area contributed by atoms with Gasteiger partial charge >= 0.3 is 6.18 Å². The first-order valence-corrected chi connectivity index (χ1v) is 12.5. The Morgan fingerprint density at radius 3 is 2.63 bits per heavy atom. The molecule has 38 heavy (non-hydrogen) atoms. The molecular weight excluding hydrogens is 526 g/mol. The van der Waals surface area contributed by atoms with Crippen molar-refractivity contribution in [2.45, 2.75) is 51.0 Å². The Morgan fingerprint density at radius 2 is 1.97 bits per heavy atom. The van der Waals surface area contributed by atoms with Crippen LogP contribution in [0.1, 0.15) is 43.0 Å². The molecule has 3 aromatic heterocycles. The summed E-state index contributed by atoms with van der Waals surface area (Å²) < 4.78 is 59.0. The lowest BCUT2D eigenvalue weighted by molar-refractivity contribution is -0.140. The van der Waals surface area contributed by atoms with Crippen molar-refractivity contribution in [3.8, 4) is 22.8 Å². The summed E-state index contributed by atoms with van der Waals surface area (Å²) in [6.45, 7) is 0.457. The molecule has 1 aliphatic heterocycles. The molecule has 6 rings (SSSR count). The Bertz CT molecular complexity index is 1550. The van der Waals surface area contributed by atoms with Crippen LogP contribution in [0.25, 0.3) is 22.8 Å². The van der Waals surface area contributed by atoms with Crippen molar-refractivity contribution >= 4 is 23.3 Å². The van der Waals surface area contributed by atoms with Gasteiger partial charge in [0.2, 0.25) is 5.91 Å². The standard InChI is InChI=1S/C25H22ClF4N7O/c1-34-13-20(25(28,29)30)32-24(34)16-6-5-14(9-18(16)27)12-35-21-10-19(33-36(21)8-7-22(35)38)23-17(26)11-31-37(23)15-3-2-4-15/h5-6,9-11,13,15H,2-4,7-8,12H2,1H3. The maximum Gasteiger partial charge on any atom is 0.434 e. The zero-order valence-electron chi connectivity index (χ0n) is 20.2. The number of alkyl halides is 3. The van der Waals surface area contributed by atoms with E-state index in [1.165, 1.54) is 24.1 Å². The van der Waals surface area contributed by atoms with Gasteiger partial charge in [-0.25, -0.2) is 14.1 Å². The number of rotatable bonds is 5. The smallest absolute Gasteiger partial charge is 0.333 e. The molecule has 2 aliphatic rings. The molecule has 0 bridgehead atoms. The highest BCUT2D eigenvalue weighted by Crippen LogP contribution is 2.39. The van der Waals surface area contributed by atoms with Gasteiger partial charge in [0.05, 0.1) is 35.9 Å². The van der Waals surface area contributed by atoms with Crippen LogP contribution in [0.4, 0.5) is 23.4 Å². The van der Waals surface area contributed by atoms with Crippen molar-refractivity contribution in [3.63, 3.8) is 0 Å². The van der Waals surface area contributed by atoms with E-state index in [4.69, 9.17) is 11.6 Å². The number of amides is 1. The van der Waals surface area contributed by atoms with Gasteiger partial charge in [0.1, 0.15) is 28.8 Å². The van der Waals surface area contributed by atoms with Crippen LogP contribution in [0.5, 0.6) is 0 Å². The second-order valence-electron chi connectivity index (χ2n) is 9.58. The maximum atomic E-state index is 15.1. The molecule has 13 heteroatoms. The lowest BCUT2D eigenvalue weighted by Crippen LogP contribution is -2.36. The van der Waals surface area contributed by atoms with Gasteiger partial charge in [-0.2, -0.15) is 23.4 Å². The van der Waals surface area contributed by atoms with Gasteiger partial charge in [0.25, 0.3) is 0 Å². The third kappa shape index (κ3) is 4.16. The molecule has 1 fully saturated rings. The fourth-order valence-electron chi connectivity index (χ4n) is 4.90. The number of imidazole rings is 1. The molecule has 1 aromatic carbocycles. The highest BCUT2D eigenvalue weighted by Gasteiger charge is 2.35. The molecule has 1 saturated carbocycles. The minimum Gasteiger partial charge on any atom is -0.333 e. The van der Waals surface area contributed by atoms with E-state index in [2.05, 4.69) is 15.2 Å². The number of hydrogen-bond acceptors (Lipinski definition) is 4. The number of aromatic nitrogens is 6. The number of carbonyl (C=O) groups excluding carboxylic acids is 1. The Balaban J connectivity index is 1.30. The number of aryl methyl sites for hydroxylation is 2. The van der Waals surface area contributed by atoms with Crippen LogP contribution in [-0.4, -0.2) is 35.0 Å². The number of anilines is 1. The summed E-state index contributed by atoms with van der Waals surface area (Å²) in [6, 6.07) is 6.21. The highest BCUT2D eigenvalue weighted by molar-refractivity contribution is 6.33. The summed E-state index contributed by atoms with van der Waals surface area (Å²) in [5, 5.41) is 9.59. The van der Waals surface area contributed by atoms with Gasteiger partial charge in [-0.05, 0) is 37.0 Å². The predicted molar refractivity (Wildman–Crippen MR) is 131 cm³/mol. The SMILES string of the molecule is Cn1cc(C(F)(F)F)nc1-c1ccc(CN2C(=O)CCn3nc(-c4c(Cl)cnn4C4CCC4)cc32)cc1F. The number of nitrogens with zero attached hydrogens (tertiary/aromatic N) is 7. The molecule has 4 heterocycles. The molecule has 8 nitrogen and oxygen atoms in total. The molecular formula is C25H22ClF4N7O. The average Bonchev–Trinajstić information content (AvgIpc) is 3.51. The lowest BCUT2D eigenvalue weighted by atomic mass is 9.93. The fourth-order valence-corrected chi connectivity index (χ4v) is 5.13. The predicted octanol–water partition coefficient (Wildman–Crippen LogP) is 5.62. The molecule has 4 aromatic rings. The summed E-state index contributed by atoms with van der Waals surface area (Å²) in [5.74, 6) is -0.471. The van der Waals surface area contributed by atoms with Crippen LogP contribution < -0.4 is 4.90 Å². The minimum absolute atomic E-state index is 0.0607. The van der Waals surface area contributed by atoms with Crippen LogP contribution in [0.3, 0.4) is 0 Å². The molecule has 0 atom stereocenters. The van der Waals surface area contributed by atoms with Crippen molar-refractivity contribution in [3.05, 3.63) is 58.8 Å². The first-order chi connectivity index (χ1) is 18.1. The van der Waals surface area contributed by atoms with E-state index in [0.29, 0.717) is 34.3 Å². The molecule has 198 valence electrons. The second-order valence-corrected chi connectivity index (χ2v) is 9.99. The van der Waals surface area contributed by atoms with Crippen LogP contribution in [0.15, 0.2) is 36.7 Å². The Hall–Kier alpha value is -3.67. The van der Waals surface area contributed by atoms with E-state index in [-0.39, 0.29) is 36.3 Å².